The summed E-state index contributed by atoms with van der Waals surface area (Å²) in [6, 6.07) is 6.97. The van der Waals surface area contributed by atoms with Crippen LogP contribution in [0.1, 0.15) is 11.1 Å². The summed E-state index contributed by atoms with van der Waals surface area (Å²) in [6.07, 6.45) is 6.57. The number of rotatable bonds is 3. The normalized spacial score (nSPS) is 10.6. The summed E-state index contributed by atoms with van der Waals surface area (Å²) in [6.45, 7) is 6.75. The maximum Gasteiger partial charge on any atom is 0.116 e. The lowest BCUT2D eigenvalue weighted by Gasteiger charge is -2.06. The molecule has 1 aromatic rings. The molecule has 2 nitrogen and oxygen atoms in total. The van der Waals surface area contributed by atoms with Gasteiger partial charge in [0.05, 0.1) is 0 Å². The van der Waals surface area contributed by atoms with E-state index in [1.54, 1.807) is 24.3 Å². The second-order valence-electron chi connectivity index (χ2n) is 3.22. The minimum absolute atomic E-state index is 0.136. The Kier molecular flexibility index (Phi) is 3.58. The van der Waals surface area contributed by atoms with Gasteiger partial charge in [-0.25, -0.2) is 0 Å². The number of hydrogen-bond donors (Lipinski definition) is 2. The van der Waals surface area contributed by atoms with Crippen LogP contribution in [0.25, 0.3) is 5.57 Å². The Labute approximate surface area is 94.9 Å². The number of aliphatic hydroxyl groups is 2. The molecule has 0 radical (unpaired) electrons. The molecular formula is C14H12O2. The summed E-state index contributed by atoms with van der Waals surface area (Å²) in [4.78, 5) is 0. The van der Waals surface area contributed by atoms with E-state index in [4.69, 9.17) is 11.5 Å². The minimum atomic E-state index is -0.147. The lowest BCUT2D eigenvalue weighted by molar-refractivity contribution is 0.428. The maximum atomic E-state index is 9.39. The molecule has 2 N–H and O–H groups in total. The van der Waals surface area contributed by atoms with E-state index >= 15 is 0 Å². The lowest BCUT2D eigenvalue weighted by atomic mass is 10.0. The Morgan fingerprint density at radius 3 is 2.12 bits per heavy atom. The smallest absolute Gasteiger partial charge is 0.116 e. The standard InChI is InChI=1S/C14H12O2/c1-4-12-5-7-13(8-6-12)14(11(3)16)9-10(2)15/h1,5-9,15-16H,2-3H2/b14-9+. The average molecular weight is 212 g/mol. The van der Waals surface area contributed by atoms with Gasteiger partial charge in [-0.15, -0.1) is 6.42 Å². The molecule has 0 saturated carbocycles. The monoisotopic (exact) mass is 212 g/mol. The predicted molar refractivity (Wildman–Crippen MR) is 65.9 cm³/mol. The molecule has 0 aliphatic heterocycles. The third kappa shape index (κ3) is 2.79. The first-order valence-electron chi connectivity index (χ1n) is 4.59. The van der Waals surface area contributed by atoms with Crippen LogP contribution in [0.15, 0.2) is 55.0 Å². The molecule has 1 aromatic carbocycles. The molecule has 2 heteroatoms. The molecule has 0 spiro atoms. The number of terminal acetylenes is 1. The van der Waals surface area contributed by atoms with E-state index in [9.17, 15) is 5.11 Å². The molecule has 0 aromatic heterocycles. The quantitative estimate of drug-likeness (QED) is 0.459. The minimum Gasteiger partial charge on any atom is -0.509 e. The first-order valence-corrected chi connectivity index (χ1v) is 4.59. The first-order chi connectivity index (χ1) is 7.54. The fourth-order valence-corrected chi connectivity index (χ4v) is 1.25. The first kappa shape index (κ1) is 11.7. The molecule has 0 atom stereocenters. The van der Waals surface area contributed by atoms with Gasteiger partial charge in [0.25, 0.3) is 0 Å². The van der Waals surface area contributed by atoms with Gasteiger partial charge in [-0.3, -0.25) is 0 Å². The van der Waals surface area contributed by atoms with Crippen molar-refractivity contribution in [3.63, 3.8) is 0 Å². The highest BCUT2D eigenvalue weighted by Gasteiger charge is 2.05. The maximum absolute atomic E-state index is 9.39. The summed E-state index contributed by atoms with van der Waals surface area (Å²) in [5, 5.41) is 18.5. The fourth-order valence-electron chi connectivity index (χ4n) is 1.25. The second kappa shape index (κ2) is 4.90. The van der Waals surface area contributed by atoms with Crippen LogP contribution < -0.4 is 0 Å². The highest BCUT2D eigenvalue weighted by atomic mass is 16.3. The second-order valence-corrected chi connectivity index (χ2v) is 3.22. The molecule has 0 saturated heterocycles. The Hall–Kier alpha value is -2.40. The van der Waals surface area contributed by atoms with Gasteiger partial charge in [-0.1, -0.05) is 31.2 Å². The third-order valence-corrected chi connectivity index (χ3v) is 1.98. The number of hydrogen-bond acceptors (Lipinski definition) is 2. The van der Waals surface area contributed by atoms with Gasteiger partial charge >= 0.3 is 0 Å². The molecule has 0 heterocycles. The van der Waals surface area contributed by atoms with Crippen molar-refractivity contribution in [3.8, 4) is 12.3 Å². The SMILES string of the molecule is C#Cc1ccc(/C(=C/C(=C)O)C(=C)O)cc1. The van der Waals surface area contributed by atoms with E-state index in [-0.39, 0.29) is 11.5 Å². The summed E-state index contributed by atoms with van der Waals surface area (Å²) in [5.41, 5.74) is 1.87. The van der Waals surface area contributed by atoms with E-state index in [0.717, 1.165) is 5.56 Å². The van der Waals surface area contributed by atoms with Crippen LogP contribution in [-0.2, 0) is 0 Å². The summed E-state index contributed by atoms with van der Waals surface area (Å²) >= 11 is 0. The molecule has 0 aliphatic carbocycles. The van der Waals surface area contributed by atoms with Crippen LogP contribution >= 0.6 is 0 Å². The fraction of sp³-hybridized carbons (Fsp3) is 0. The molecule has 0 amide bonds. The molecule has 0 bridgehead atoms. The van der Waals surface area contributed by atoms with Crippen molar-refractivity contribution in [2.45, 2.75) is 0 Å². The Morgan fingerprint density at radius 2 is 1.75 bits per heavy atom. The van der Waals surface area contributed by atoms with Gasteiger partial charge in [0, 0.05) is 11.1 Å². The average Bonchev–Trinajstić information content (AvgIpc) is 2.25. The zero-order valence-electron chi connectivity index (χ0n) is 8.77. The zero-order valence-corrected chi connectivity index (χ0v) is 8.77. The molecule has 80 valence electrons. The van der Waals surface area contributed by atoms with E-state index in [0.29, 0.717) is 11.1 Å². The molecule has 0 fully saturated rings. The van der Waals surface area contributed by atoms with E-state index in [1.807, 2.05) is 0 Å². The van der Waals surface area contributed by atoms with Gasteiger partial charge in [0.15, 0.2) is 0 Å². The van der Waals surface area contributed by atoms with Gasteiger partial charge in [0.2, 0.25) is 0 Å². The van der Waals surface area contributed by atoms with Crippen molar-refractivity contribution >= 4 is 5.57 Å². The summed E-state index contributed by atoms with van der Waals surface area (Å²) in [5.74, 6) is 2.21. The molecule has 1 rings (SSSR count). The van der Waals surface area contributed by atoms with E-state index in [1.165, 1.54) is 6.08 Å². The Morgan fingerprint density at radius 1 is 1.19 bits per heavy atom. The van der Waals surface area contributed by atoms with Crippen LogP contribution in [0.4, 0.5) is 0 Å². The van der Waals surface area contributed by atoms with Gasteiger partial charge in [-0.05, 0) is 23.8 Å². The molecule has 16 heavy (non-hydrogen) atoms. The third-order valence-electron chi connectivity index (χ3n) is 1.98. The van der Waals surface area contributed by atoms with Crippen LogP contribution in [0, 0.1) is 12.3 Å². The number of allylic oxidation sites excluding steroid dienone is 2. The lowest BCUT2D eigenvalue weighted by Crippen LogP contribution is -1.89. The van der Waals surface area contributed by atoms with E-state index in [2.05, 4.69) is 19.1 Å². The Bertz CT molecular complexity index is 484. The van der Waals surface area contributed by atoms with Crippen LogP contribution in [0.3, 0.4) is 0 Å². The van der Waals surface area contributed by atoms with Crippen molar-refractivity contribution < 1.29 is 10.2 Å². The molecule has 0 unspecified atom stereocenters. The van der Waals surface area contributed by atoms with Crippen molar-refractivity contribution in [1.29, 1.82) is 0 Å². The molecular weight excluding hydrogens is 200 g/mol. The van der Waals surface area contributed by atoms with Crippen molar-refractivity contribution in [2.75, 3.05) is 0 Å². The molecule has 0 aliphatic rings. The van der Waals surface area contributed by atoms with Gasteiger partial charge in [0.1, 0.15) is 11.5 Å². The van der Waals surface area contributed by atoms with Crippen molar-refractivity contribution in [2.24, 2.45) is 0 Å². The number of benzene rings is 1. The van der Waals surface area contributed by atoms with Crippen LogP contribution in [0.5, 0.6) is 0 Å². The topological polar surface area (TPSA) is 40.5 Å². The van der Waals surface area contributed by atoms with Crippen molar-refractivity contribution in [1.82, 2.24) is 0 Å². The summed E-state index contributed by atoms with van der Waals surface area (Å²) < 4.78 is 0. The van der Waals surface area contributed by atoms with Gasteiger partial charge in [-0.2, -0.15) is 0 Å². The van der Waals surface area contributed by atoms with Gasteiger partial charge < -0.3 is 10.2 Å². The van der Waals surface area contributed by atoms with Crippen molar-refractivity contribution in [3.05, 3.63) is 66.1 Å². The summed E-state index contributed by atoms with van der Waals surface area (Å²) in [7, 11) is 0. The zero-order chi connectivity index (χ0) is 12.1. The van der Waals surface area contributed by atoms with E-state index < -0.39 is 0 Å². The number of aliphatic hydroxyl groups excluding tert-OH is 2. The highest BCUT2D eigenvalue weighted by Crippen LogP contribution is 2.21. The van der Waals surface area contributed by atoms with Crippen LogP contribution in [0.2, 0.25) is 0 Å². The van der Waals surface area contributed by atoms with Crippen LogP contribution in [-0.4, -0.2) is 10.2 Å². The largest absolute Gasteiger partial charge is 0.509 e. The predicted octanol–water partition coefficient (Wildman–Crippen LogP) is 3.19. The Balaban J connectivity index is 3.18. The highest BCUT2D eigenvalue weighted by molar-refractivity contribution is 5.77.